The molecule has 0 bridgehead atoms. The highest BCUT2D eigenvalue weighted by Crippen LogP contribution is 2.41. The lowest BCUT2D eigenvalue weighted by atomic mass is 10.2. The lowest BCUT2D eigenvalue weighted by Gasteiger charge is -2.05. The molecule has 3 aromatic rings. The number of halogens is 3. The largest absolute Gasteiger partial charge is 0.436 e. The minimum atomic E-state index is 0.479. The van der Waals surface area contributed by atoms with Crippen LogP contribution in [0, 0.1) is 6.92 Å². The van der Waals surface area contributed by atoms with Crippen molar-refractivity contribution in [3.63, 3.8) is 0 Å². The number of hydrogen-bond donors (Lipinski definition) is 1. The van der Waals surface area contributed by atoms with E-state index in [-0.39, 0.29) is 0 Å². The maximum atomic E-state index is 6.18. The van der Waals surface area contributed by atoms with E-state index in [1.54, 1.807) is 6.07 Å². The van der Waals surface area contributed by atoms with Crippen molar-refractivity contribution in [2.45, 2.75) is 6.92 Å². The van der Waals surface area contributed by atoms with Gasteiger partial charge in [-0.2, -0.15) is 0 Å². The third-order valence-corrected chi connectivity index (χ3v) is 5.24. The third kappa shape index (κ3) is 2.05. The molecule has 20 heavy (non-hydrogen) atoms. The Balaban J connectivity index is 2.35. The van der Waals surface area contributed by atoms with Crippen molar-refractivity contribution in [2.75, 3.05) is 5.73 Å². The van der Waals surface area contributed by atoms with Crippen LogP contribution in [0.3, 0.4) is 0 Å². The Labute approximate surface area is 137 Å². The Morgan fingerprint density at radius 1 is 1.20 bits per heavy atom. The lowest BCUT2D eigenvalue weighted by Crippen LogP contribution is -1.92. The molecule has 0 spiro atoms. The smallest absolute Gasteiger partial charge is 0.228 e. The van der Waals surface area contributed by atoms with E-state index < -0.39 is 0 Å². The average Bonchev–Trinajstić information content (AvgIpc) is 2.88. The molecule has 0 amide bonds. The normalized spacial score (nSPS) is 11.2. The monoisotopic (exact) mass is 414 g/mol. The first-order valence-corrected chi connectivity index (χ1v) is 7.75. The van der Waals surface area contributed by atoms with Crippen LogP contribution in [0.25, 0.3) is 22.6 Å². The van der Waals surface area contributed by atoms with Gasteiger partial charge in [-0.05, 0) is 50.9 Å². The van der Waals surface area contributed by atoms with Crippen molar-refractivity contribution in [3.8, 4) is 11.5 Å². The number of hydrogen-bond acceptors (Lipinski definition) is 3. The lowest BCUT2D eigenvalue weighted by molar-refractivity contribution is 0.617. The van der Waals surface area contributed by atoms with Crippen LogP contribution >= 0.6 is 43.5 Å². The zero-order chi connectivity index (χ0) is 14.4. The molecule has 6 heteroatoms. The predicted molar refractivity (Wildman–Crippen MR) is 89.0 cm³/mol. The zero-order valence-corrected chi connectivity index (χ0v) is 14.3. The van der Waals surface area contributed by atoms with Crippen molar-refractivity contribution in [1.82, 2.24) is 4.98 Å². The fourth-order valence-electron chi connectivity index (χ4n) is 2.00. The van der Waals surface area contributed by atoms with Crippen LogP contribution in [0.5, 0.6) is 0 Å². The van der Waals surface area contributed by atoms with Gasteiger partial charge in [-0.1, -0.05) is 23.7 Å². The highest BCUT2D eigenvalue weighted by molar-refractivity contribution is 9.11. The van der Waals surface area contributed by atoms with Gasteiger partial charge >= 0.3 is 0 Å². The standard InChI is InChI=1S/C14H9Br2ClN2O/c1-6-9(15)11(18)10(16)12-13(6)20-14(19-12)7-4-2-3-5-8(7)17/h2-5H,18H2,1H3. The predicted octanol–water partition coefficient (Wildman–Crippen LogP) is 5.56. The molecule has 0 unspecified atom stereocenters. The van der Waals surface area contributed by atoms with Crippen LogP contribution in [0.1, 0.15) is 5.56 Å². The molecular formula is C14H9Br2ClN2O. The highest BCUT2D eigenvalue weighted by Gasteiger charge is 2.19. The van der Waals surface area contributed by atoms with Gasteiger partial charge in [0.25, 0.3) is 0 Å². The summed E-state index contributed by atoms with van der Waals surface area (Å²) in [7, 11) is 0. The molecule has 0 radical (unpaired) electrons. The molecule has 0 saturated heterocycles. The Bertz CT molecular complexity index is 785. The van der Waals surface area contributed by atoms with Crippen molar-refractivity contribution in [1.29, 1.82) is 0 Å². The maximum absolute atomic E-state index is 6.18. The molecule has 1 heterocycles. The summed E-state index contributed by atoms with van der Waals surface area (Å²) in [6.07, 6.45) is 0. The summed E-state index contributed by atoms with van der Waals surface area (Å²) < 4.78 is 7.39. The second-order valence-electron chi connectivity index (χ2n) is 4.34. The second kappa shape index (κ2) is 5.06. The van der Waals surface area contributed by atoms with Gasteiger partial charge in [-0.3, -0.25) is 0 Å². The Morgan fingerprint density at radius 2 is 1.90 bits per heavy atom. The number of aromatic nitrogens is 1. The number of anilines is 1. The van der Waals surface area contributed by atoms with Gasteiger partial charge < -0.3 is 10.2 Å². The number of nitrogens with two attached hydrogens (primary N) is 1. The van der Waals surface area contributed by atoms with Crippen LogP contribution in [-0.4, -0.2) is 4.98 Å². The van der Waals surface area contributed by atoms with E-state index in [1.807, 2.05) is 25.1 Å². The third-order valence-electron chi connectivity index (χ3n) is 3.08. The van der Waals surface area contributed by atoms with Gasteiger partial charge in [0.05, 0.1) is 20.7 Å². The molecule has 1 aromatic heterocycles. The Morgan fingerprint density at radius 3 is 2.60 bits per heavy atom. The molecule has 0 aliphatic rings. The molecule has 102 valence electrons. The van der Waals surface area contributed by atoms with Gasteiger partial charge in [0.1, 0.15) is 5.52 Å². The molecule has 0 aliphatic heterocycles. The summed E-state index contributed by atoms with van der Waals surface area (Å²) in [5.41, 5.74) is 9.68. The number of benzene rings is 2. The second-order valence-corrected chi connectivity index (χ2v) is 6.34. The van der Waals surface area contributed by atoms with Crippen LogP contribution in [0.15, 0.2) is 37.6 Å². The minimum Gasteiger partial charge on any atom is -0.436 e. The Hall–Kier alpha value is -1.04. The first-order chi connectivity index (χ1) is 9.50. The summed E-state index contributed by atoms with van der Waals surface area (Å²) in [6, 6.07) is 7.43. The summed E-state index contributed by atoms with van der Waals surface area (Å²) in [4.78, 5) is 4.51. The molecule has 0 fully saturated rings. The molecule has 3 nitrogen and oxygen atoms in total. The molecule has 2 aromatic carbocycles. The number of aryl methyl sites for hydroxylation is 1. The fraction of sp³-hybridized carbons (Fsp3) is 0.0714. The number of fused-ring (bicyclic) bond motifs is 1. The number of nitrogens with zero attached hydrogens (tertiary/aromatic N) is 1. The van der Waals surface area contributed by atoms with Crippen molar-refractivity contribution >= 4 is 60.2 Å². The average molecular weight is 417 g/mol. The van der Waals surface area contributed by atoms with Crippen LogP contribution in [-0.2, 0) is 0 Å². The summed E-state index contributed by atoms with van der Waals surface area (Å²) >= 11 is 13.1. The van der Waals surface area contributed by atoms with E-state index in [1.165, 1.54) is 0 Å². The van der Waals surface area contributed by atoms with Crippen molar-refractivity contribution in [3.05, 3.63) is 43.8 Å². The van der Waals surface area contributed by atoms with Crippen molar-refractivity contribution in [2.24, 2.45) is 0 Å². The van der Waals surface area contributed by atoms with E-state index in [0.29, 0.717) is 32.2 Å². The molecule has 0 atom stereocenters. The molecule has 0 saturated carbocycles. The summed E-state index contributed by atoms with van der Waals surface area (Å²) in [6.45, 7) is 1.93. The fourth-order valence-corrected chi connectivity index (χ4v) is 3.33. The van der Waals surface area contributed by atoms with E-state index in [0.717, 1.165) is 15.6 Å². The maximum Gasteiger partial charge on any atom is 0.228 e. The number of rotatable bonds is 1. The van der Waals surface area contributed by atoms with E-state index in [4.69, 9.17) is 21.8 Å². The molecule has 0 aliphatic carbocycles. The Kier molecular flexibility index (Phi) is 3.52. The van der Waals surface area contributed by atoms with Crippen molar-refractivity contribution < 1.29 is 4.42 Å². The van der Waals surface area contributed by atoms with E-state index >= 15 is 0 Å². The minimum absolute atomic E-state index is 0.479. The van der Waals surface area contributed by atoms with E-state index in [2.05, 4.69) is 36.8 Å². The first-order valence-electron chi connectivity index (χ1n) is 5.79. The number of oxazole rings is 1. The van der Waals surface area contributed by atoms with Crippen LogP contribution < -0.4 is 5.73 Å². The van der Waals surface area contributed by atoms with Gasteiger partial charge in [0.2, 0.25) is 5.89 Å². The molecule has 2 N–H and O–H groups in total. The summed E-state index contributed by atoms with van der Waals surface area (Å²) in [5, 5.41) is 0.597. The SMILES string of the molecule is Cc1c(Br)c(N)c(Br)c2nc(-c3ccccc3Cl)oc12. The van der Waals surface area contributed by atoms with Gasteiger partial charge in [0.15, 0.2) is 5.58 Å². The molecular weight excluding hydrogens is 407 g/mol. The summed E-state index contributed by atoms with van der Waals surface area (Å²) in [5.74, 6) is 0.479. The topological polar surface area (TPSA) is 52.0 Å². The van der Waals surface area contributed by atoms with Gasteiger partial charge in [-0.25, -0.2) is 4.98 Å². The highest BCUT2D eigenvalue weighted by atomic mass is 79.9. The van der Waals surface area contributed by atoms with Crippen LogP contribution in [0.4, 0.5) is 5.69 Å². The first kappa shape index (κ1) is 13.9. The van der Waals surface area contributed by atoms with Gasteiger partial charge in [-0.15, -0.1) is 0 Å². The van der Waals surface area contributed by atoms with Gasteiger partial charge in [0, 0.05) is 10.0 Å². The zero-order valence-electron chi connectivity index (χ0n) is 10.4. The molecule has 3 rings (SSSR count). The number of nitrogen functional groups attached to an aromatic ring is 1. The van der Waals surface area contributed by atoms with E-state index in [9.17, 15) is 0 Å². The van der Waals surface area contributed by atoms with Crippen LogP contribution in [0.2, 0.25) is 5.02 Å². The quantitative estimate of drug-likeness (QED) is 0.528.